The number of hydrogen-bond acceptors (Lipinski definition) is 6. The summed E-state index contributed by atoms with van der Waals surface area (Å²) in [6, 6.07) is 11.1. The van der Waals surface area contributed by atoms with Crippen molar-refractivity contribution in [1.82, 2.24) is 4.72 Å². The van der Waals surface area contributed by atoms with E-state index in [1.54, 1.807) is 37.4 Å². The van der Waals surface area contributed by atoms with Gasteiger partial charge in [0.25, 0.3) is 5.91 Å². The third-order valence-corrected chi connectivity index (χ3v) is 6.61. The normalized spacial score (nSPS) is 16.3. The Labute approximate surface area is 190 Å². The van der Waals surface area contributed by atoms with Crippen LogP contribution in [-0.4, -0.2) is 53.9 Å². The van der Waals surface area contributed by atoms with Crippen molar-refractivity contribution in [3.63, 3.8) is 0 Å². The Balaban J connectivity index is 1.65. The number of hydrogen-bond donors (Lipinski definition) is 2. The number of halogens is 1. The Kier molecular flexibility index (Phi) is 8.44. The zero-order valence-corrected chi connectivity index (χ0v) is 19.5. The predicted octanol–water partition coefficient (Wildman–Crippen LogP) is 3.18. The van der Waals surface area contributed by atoms with Crippen molar-refractivity contribution in [3.8, 4) is 5.75 Å². The minimum absolute atomic E-state index is 0.0844. The van der Waals surface area contributed by atoms with E-state index in [2.05, 4.69) is 26.0 Å². The molecule has 1 aliphatic rings. The zero-order valence-electron chi connectivity index (χ0n) is 17.1. The lowest BCUT2D eigenvalue weighted by molar-refractivity contribution is 0.101. The summed E-state index contributed by atoms with van der Waals surface area (Å²) in [5.41, 5.74) is 0.811. The number of anilines is 1. The fraction of sp³-hybridized carbons (Fsp3) is 0.381. The van der Waals surface area contributed by atoms with E-state index in [4.69, 9.17) is 14.2 Å². The minimum atomic E-state index is -3.65. The Hall–Kier alpha value is -1.98. The first-order valence-electron chi connectivity index (χ1n) is 9.83. The molecule has 168 valence electrons. The molecule has 1 unspecified atom stereocenters. The van der Waals surface area contributed by atoms with Crippen molar-refractivity contribution in [1.29, 1.82) is 0 Å². The summed E-state index contributed by atoms with van der Waals surface area (Å²) in [6.45, 7) is 1.62. The fourth-order valence-electron chi connectivity index (χ4n) is 3.05. The molecular weight excluding hydrogens is 488 g/mol. The smallest absolute Gasteiger partial charge is 0.259 e. The van der Waals surface area contributed by atoms with Gasteiger partial charge in [0, 0.05) is 30.4 Å². The van der Waals surface area contributed by atoms with Crippen molar-refractivity contribution in [3.05, 3.63) is 52.5 Å². The van der Waals surface area contributed by atoms with Crippen LogP contribution >= 0.6 is 15.9 Å². The molecule has 0 aromatic heterocycles. The second-order valence-electron chi connectivity index (χ2n) is 6.95. The van der Waals surface area contributed by atoms with Crippen LogP contribution in [0.3, 0.4) is 0 Å². The molecular formula is C21H25BrN2O6S. The SMILES string of the molecule is COCCOc1ccc(Br)cc1C(=O)Nc1ccc(S(=O)(=O)NCC2CCCO2)cc1. The van der Waals surface area contributed by atoms with Crippen LogP contribution < -0.4 is 14.8 Å². The molecule has 1 aliphatic heterocycles. The predicted molar refractivity (Wildman–Crippen MR) is 120 cm³/mol. The fourth-order valence-corrected chi connectivity index (χ4v) is 4.48. The lowest BCUT2D eigenvalue weighted by atomic mass is 10.2. The molecule has 1 saturated heterocycles. The standard InChI is InChI=1S/C21H25BrN2O6S/c1-28-11-12-30-20-9-4-15(22)13-19(20)21(25)24-16-5-7-18(8-6-16)31(26,27)23-14-17-3-2-10-29-17/h4-9,13,17,23H,2-3,10-12,14H2,1H3,(H,24,25). The Morgan fingerprint density at radius 2 is 1.97 bits per heavy atom. The highest BCUT2D eigenvalue weighted by molar-refractivity contribution is 9.10. The van der Waals surface area contributed by atoms with E-state index in [0.29, 0.717) is 36.8 Å². The number of nitrogens with one attached hydrogen (secondary N) is 2. The molecule has 31 heavy (non-hydrogen) atoms. The number of rotatable bonds is 10. The first kappa shape index (κ1) is 23.7. The van der Waals surface area contributed by atoms with E-state index < -0.39 is 10.0 Å². The van der Waals surface area contributed by atoms with Gasteiger partial charge in [0.1, 0.15) is 12.4 Å². The Bertz CT molecular complexity index is 991. The van der Waals surface area contributed by atoms with Crippen LogP contribution in [0.5, 0.6) is 5.75 Å². The number of methoxy groups -OCH3 is 1. The van der Waals surface area contributed by atoms with Crippen LogP contribution in [0.1, 0.15) is 23.2 Å². The summed E-state index contributed by atoms with van der Waals surface area (Å²) in [5.74, 6) is 0.0520. The largest absolute Gasteiger partial charge is 0.490 e. The highest BCUT2D eigenvalue weighted by Crippen LogP contribution is 2.25. The lowest BCUT2D eigenvalue weighted by Crippen LogP contribution is -2.31. The summed E-state index contributed by atoms with van der Waals surface area (Å²) in [7, 11) is -2.08. The van der Waals surface area contributed by atoms with Gasteiger partial charge in [-0.2, -0.15) is 0 Å². The average molecular weight is 513 g/mol. The molecule has 0 radical (unpaired) electrons. The summed E-state index contributed by atoms with van der Waals surface area (Å²) >= 11 is 3.36. The van der Waals surface area contributed by atoms with Gasteiger partial charge in [-0.25, -0.2) is 13.1 Å². The van der Waals surface area contributed by atoms with Crippen LogP contribution in [-0.2, 0) is 19.5 Å². The first-order valence-corrected chi connectivity index (χ1v) is 12.1. The first-order chi connectivity index (χ1) is 14.9. The van der Waals surface area contributed by atoms with Crippen molar-refractivity contribution in [2.45, 2.75) is 23.8 Å². The van der Waals surface area contributed by atoms with E-state index in [-0.39, 0.29) is 23.5 Å². The van der Waals surface area contributed by atoms with E-state index >= 15 is 0 Å². The summed E-state index contributed by atoms with van der Waals surface area (Å²) in [4.78, 5) is 12.9. The van der Waals surface area contributed by atoms with E-state index in [1.807, 2.05) is 0 Å². The molecule has 10 heteroatoms. The third kappa shape index (κ3) is 6.75. The van der Waals surface area contributed by atoms with Gasteiger partial charge in [-0.3, -0.25) is 4.79 Å². The number of carbonyl (C=O) groups excluding carboxylic acids is 1. The molecule has 0 saturated carbocycles. The topological polar surface area (TPSA) is 103 Å². The van der Waals surface area contributed by atoms with Gasteiger partial charge in [-0.05, 0) is 55.3 Å². The molecule has 1 fully saturated rings. The van der Waals surface area contributed by atoms with E-state index in [0.717, 1.165) is 17.3 Å². The number of amides is 1. The molecule has 2 aromatic carbocycles. The number of ether oxygens (including phenoxy) is 3. The molecule has 1 amide bonds. The van der Waals surface area contributed by atoms with Crippen LogP contribution in [0.2, 0.25) is 0 Å². The van der Waals surface area contributed by atoms with Gasteiger partial charge in [-0.15, -0.1) is 0 Å². The van der Waals surface area contributed by atoms with Gasteiger partial charge in [0.15, 0.2) is 0 Å². The second kappa shape index (κ2) is 11.1. The van der Waals surface area contributed by atoms with Gasteiger partial charge >= 0.3 is 0 Å². The monoisotopic (exact) mass is 512 g/mol. The zero-order chi connectivity index (χ0) is 22.3. The molecule has 0 bridgehead atoms. The Morgan fingerprint density at radius 1 is 1.19 bits per heavy atom. The maximum Gasteiger partial charge on any atom is 0.259 e. The number of benzene rings is 2. The van der Waals surface area contributed by atoms with Gasteiger partial charge in [0.05, 0.1) is 23.2 Å². The van der Waals surface area contributed by atoms with Crippen LogP contribution in [0, 0.1) is 0 Å². The van der Waals surface area contributed by atoms with Crippen molar-refractivity contribution in [2.75, 3.05) is 38.8 Å². The average Bonchev–Trinajstić information content (AvgIpc) is 3.28. The maximum atomic E-state index is 12.8. The highest BCUT2D eigenvalue weighted by Gasteiger charge is 2.20. The van der Waals surface area contributed by atoms with Crippen LogP contribution in [0.4, 0.5) is 5.69 Å². The highest BCUT2D eigenvalue weighted by atomic mass is 79.9. The second-order valence-corrected chi connectivity index (χ2v) is 9.63. The molecule has 2 aromatic rings. The van der Waals surface area contributed by atoms with E-state index in [9.17, 15) is 13.2 Å². The maximum absolute atomic E-state index is 12.8. The molecule has 0 spiro atoms. The molecule has 0 aliphatic carbocycles. The summed E-state index contributed by atoms with van der Waals surface area (Å²) in [5, 5.41) is 2.77. The quantitative estimate of drug-likeness (QED) is 0.474. The number of sulfonamides is 1. The Morgan fingerprint density at radius 3 is 2.65 bits per heavy atom. The van der Waals surface area contributed by atoms with Crippen LogP contribution in [0.15, 0.2) is 51.8 Å². The van der Waals surface area contributed by atoms with E-state index in [1.165, 1.54) is 12.1 Å². The third-order valence-electron chi connectivity index (χ3n) is 4.68. The van der Waals surface area contributed by atoms with Gasteiger partial charge in [0.2, 0.25) is 10.0 Å². The molecule has 2 N–H and O–H groups in total. The van der Waals surface area contributed by atoms with Crippen molar-refractivity contribution < 1.29 is 27.4 Å². The molecule has 1 atom stereocenters. The van der Waals surface area contributed by atoms with Crippen LogP contribution in [0.25, 0.3) is 0 Å². The van der Waals surface area contributed by atoms with Gasteiger partial charge < -0.3 is 19.5 Å². The molecule has 1 heterocycles. The van der Waals surface area contributed by atoms with Crippen molar-refractivity contribution in [2.24, 2.45) is 0 Å². The summed E-state index contributed by atoms with van der Waals surface area (Å²) in [6.07, 6.45) is 1.71. The number of carbonyl (C=O) groups is 1. The van der Waals surface area contributed by atoms with Gasteiger partial charge in [-0.1, -0.05) is 15.9 Å². The summed E-state index contributed by atoms with van der Waals surface area (Å²) < 4.78 is 44.3. The van der Waals surface area contributed by atoms with Crippen molar-refractivity contribution >= 4 is 37.5 Å². The molecule has 3 rings (SSSR count). The lowest BCUT2D eigenvalue weighted by Gasteiger charge is -2.13. The molecule has 8 nitrogen and oxygen atoms in total. The minimum Gasteiger partial charge on any atom is -0.490 e.